The summed E-state index contributed by atoms with van der Waals surface area (Å²) in [6.07, 6.45) is 0.431. The van der Waals surface area contributed by atoms with Crippen LogP contribution in [0.5, 0.6) is 0 Å². The number of halogens is 1. The molecule has 1 fully saturated rings. The van der Waals surface area contributed by atoms with E-state index < -0.39 is 11.6 Å². The highest BCUT2D eigenvalue weighted by molar-refractivity contribution is 5.65. The zero-order valence-electron chi connectivity index (χ0n) is 6.52. The van der Waals surface area contributed by atoms with E-state index in [0.29, 0.717) is 19.5 Å². The minimum absolute atomic E-state index is 0.116. The van der Waals surface area contributed by atoms with Gasteiger partial charge in [0.15, 0.2) is 5.67 Å². The maximum Gasteiger partial charge on any atom is 0.302 e. The first kappa shape index (κ1) is 8.46. The Labute approximate surface area is 64.9 Å². The first-order valence-electron chi connectivity index (χ1n) is 3.65. The van der Waals surface area contributed by atoms with E-state index in [0.717, 1.165) is 0 Å². The van der Waals surface area contributed by atoms with Crippen LogP contribution in [0.15, 0.2) is 0 Å². The van der Waals surface area contributed by atoms with Gasteiger partial charge in [0.1, 0.15) is 6.61 Å². The normalized spacial score (nSPS) is 30.4. The van der Waals surface area contributed by atoms with Crippen LogP contribution >= 0.6 is 0 Å². The van der Waals surface area contributed by atoms with Crippen LogP contribution in [0.1, 0.15) is 13.3 Å². The number of carbonyl (C=O) groups excluding carboxylic acids is 1. The number of hydrogen-bond donors (Lipinski definition) is 1. The molecule has 1 aliphatic rings. The summed E-state index contributed by atoms with van der Waals surface area (Å²) in [6.45, 7) is 2.12. The van der Waals surface area contributed by atoms with E-state index in [1.165, 1.54) is 6.92 Å². The second-order valence-corrected chi connectivity index (χ2v) is 2.86. The molecule has 0 aromatic heterocycles. The average molecular weight is 161 g/mol. The molecule has 0 aromatic rings. The minimum atomic E-state index is -1.33. The Hall–Kier alpha value is -0.640. The van der Waals surface area contributed by atoms with Crippen molar-refractivity contribution in [1.82, 2.24) is 5.32 Å². The highest BCUT2D eigenvalue weighted by Crippen LogP contribution is 2.19. The van der Waals surface area contributed by atoms with Gasteiger partial charge in [0.2, 0.25) is 0 Å². The van der Waals surface area contributed by atoms with Gasteiger partial charge in [-0.05, 0) is 13.0 Å². The molecule has 4 heteroatoms. The minimum Gasteiger partial charge on any atom is -0.462 e. The van der Waals surface area contributed by atoms with Crippen molar-refractivity contribution in [3.8, 4) is 0 Å². The maximum absolute atomic E-state index is 13.3. The van der Waals surface area contributed by atoms with Gasteiger partial charge in [0, 0.05) is 13.5 Å². The lowest BCUT2D eigenvalue weighted by Gasteiger charge is -2.16. The molecule has 0 amide bonds. The van der Waals surface area contributed by atoms with Gasteiger partial charge < -0.3 is 10.1 Å². The van der Waals surface area contributed by atoms with Crippen molar-refractivity contribution in [3.05, 3.63) is 0 Å². The number of ether oxygens (including phenoxy) is 1. The number of nitrogens with one attached hydrogen (secondary N) is 1. The van der Waals surface area contributed by atoms with E-state index in [1.54, 1.807) is 0 Å². The Morgan fingerprint density at radius 2 is 2.55 bits per heavy atom. The zero-order chi connectivity index (χ0) is 8.32. The molecule has 0 aromatic carbocycles. The topological polar surface area (TPSA) is 38.3 Å². The van der Waals surface area contributed by atoms with Crippen molar-refractivity contribution in [2.45, 2.75) is 19.0 Å². The maximum atomic E-state index is 13.3. The first-order valence-corrected chi connectivity index (χ1v) is 3.65. The van der Waals surface area contributed by atoms with E-state index in [-0.39, 0.29) is 6.61 Å². The van der Waals surface area contributed by atoms with Crippen LogP contribution in [0, 0.1) is 0 Å². The molecule has 1 N–H and O–H groups in total. The van der Waals surface area contributed by atoms with E-state index in [4.69, 9.17) is 0 Å². The molecule has 3 nitrogen and oxygen atoms in total. The molecule has 0 spiro atoms. The molecule has 0 aliphatic carbocycles. The molecule has 1 heterocycles. The fourth-order valence-electron chi connectivity index (χ4n) is 1.07. The summed E-state index contributed by atoms with van der Waals surface area (Å²) in [5.74, 6) is -0.422. The fourth-order valence-corrected chi connectivity index (χ4v) is 1.07. The fraction of sp³-hybridized carbons (Fsp3) is 0.857. The van der Waals surface area contributed by atoms with Crippen molar-refractivity contribution < 1.29 is 13.9 Å². The van der Waals surface area contributed by atoms with Gasteiger partial charge in [-0.2, -0.15) is 0 Å². The molecule has 0 radical (unpaired) electrons. The summed E-state index contributed by atoms with van der Waals surface area (Å²) < 4.78 is 17.9. The number of hydrogen-bond acceptors (Lipinski definition) is 3. The van der Waals surface area contributed by atoms with E-state index >= 15 is 0 Å². The first-order chi connectivity index (χ1) is 5.12. The quantitative estimate of drug-likeness (QED) is 0.590. The van der Waals surface area contributed by atoms with Crippen molar-refractivity contribution in [1.29, 1.82) is 0 Å². The number of esters is 1. The van der Waals surface area contributed by atoms with Gasteiger partial charge in [0.05, 0.1) is 0 Å². The molecule has 1 unspecified atom stereocenters. The van der Waals surface area contributed by atoms with Gasteiger partial charge in [-0.25, -0.2) is 4.39 Å². The summed E-state index contributed by atoms with van der Waals surface area (Å²) in [4.78, 5) is 10.3. The molecular weight excluding hydrogens is 149 g/mol. The molecule has 64 valence electrons. The van der Waals surface area contributed by atoms with Gasteiger partial charge in [-0.3, -0.25) is 4.79 Å². The van der Waals surface area contributed by atoms with Gasteiger partial charge in [0.25, 0.3) is 0 Å². The molecule has 1 rings (SSSR count). The van der Waals surface area contributed by atoms with Crippen LogP contribution in [0.4, 0.5) is 4.39 Å². The summed E-state index contributed by atoms with van der Waals surface area (Å²) in [5, 5.41) is 2.87. The number of alkyl halides is 1. The number of carbonyl (C=O) groups is 1. The second kappa shape index (κ2) is 3.17. The molecule has 1 atom stereocenters. The van der Waals surface area contributed by atoms with E-state index in [1.807, 2.05) is 0 Å². The van der Waals surface area contributed by atoms with Gasteiger partial charge >= 0.3 is 5.97 Å². The highest BCUT2D eigenvalue weighted by Gasteiger charge is 2.34. The summed E-state index contributed by atoms with van der Waals surface area (Å²) in [7, 11) is 0. The van der Waals surface area contributed by atoms with E-state index in [9.17, 15) is 9.18 Å². The highest BCUT2D eigenvalue weighted by atomic mass is 19.1. The predicted octanol–water partition coefficient (Wildman–Crippen LogP) is 0.251. The molecule has 11 heavy (non-hydrogen) atoms. The third-order valence-electron chi connectivity index (χ3n) is 1.73. The Kier molecular flexibility index (Phi) is 2.44. The smallest absolute Gasteiger partial charge is 0.302 e. The summed E-state index contributed by atoms with van der Waals surface area (Å²) >= 11 is 0. The van der Waals surface area contributed by atoms with Gasteiger partial charge in [-0.15, -0.1) is 0 Å². The third-order valence-corrected chi connectivity index (χ3v) is 1.73. The summed E-state index contributed by atoms with van der Waals surface area (Å²) in [6, 6.07) is 0. The molecule has 0 saturated carbocycles. The molecule has 1 saturated heterocycles. The van der Waals surface area contributed by atoms with E-state index in [2.05, 4.69) is 10.1 Å². The standard InChI is InChI=1S/C7H12FNO2/c1-6(10)11-5-7(8)2-3-9-4-7/h9H,2-5H2,1H3. The lowest BCUT2D eigenvalue weighted by molar-refractivity contribution is -0.144. The third kappa shape index (κ3) is 2.46. The zero-order valence-corrected chi connectivity index (χ0v) is 6.52. The second-order valence-electron chi connectivity index (χ2n) is 2.86. The van der Waals surface area contributed by atoms with Crippen LogP contribution in [-0.2, 0) is 9.53 Å². The lowest BCUT2D eigenvalue weighted by atomic mass is 10.1. The molecule has 0 bridgehead atoms. The monoisotopic (exact) mass is 161 g/mol. The van der Waals surface area contributed by atoms with Crippen LogP contribution in [-0.4, -0.2) is 31.3 Å². The van der Waals surface area contributed by atoms with Crippen LogP contribution in [0.3, 0.4) is 0 Å². The lowest BCUT2D eigenvalue weighted by Crippen LogP contribution is -2.32. The van der Waals surface area contributed by atoms with Crippen molar-refractivity contribution in [2.75, 3.05) is 19.7 Å². The average Bonchev–Trinajstić information content (AvgIpc) is 2.33. The molecular formula is C7H12FNO2. The summed E-state index contributed by atoms with van der Waals surface area (Å²) in [5.41, 5.74) is -1.33. The van der Waals surface area contributed by atoms with Gasteiger partial charge in [-0.1, -0.05) is 0 Å². The Morgan fingerprint density at radius 1 is 1.82 bits per heavy atom. The Balaban J connectivity index is 2.28. The van der Waals surface area contributed by atoms with Crippen molar-refractivity contribution in [2.24, 2.45) is 0 Å². The SMILES string of the molecule is CC(=O)OCC1(F)CCNC1. The Morgan fingerprint density at radius 3 is 3.00 bits per heavy atom. The predicted molar refractivity (Wildman–Crippen MR) is 38.0 cm³/mol. The van der Waals surface area contributed by atoms with Crippen LogP contribution < -0.4 is 5.32 Å². The molecule has 1 aliphatic heterocycles. The van der Waals surface area contributed by atoms with Crippen LogP contribution in [0.25, 0.3) is 0 Å². The Bertz CT molecular complexity index is 155. The van der Waals surface area contributed by atoms with Crippen molar-refractivity contribution >= 4 is 5.97 Å². The van der Waals surface area contributed by atoms with Crippen molar-refractivity contribution in [3.63, 3.8) is 0 Å². The number of rotatable bonds is 2. The van der Waals surface area contributed by atoms with Crippen LogP contribution in [0.2, 0.25) is 0 Å². The largest absolute Gasteiger partial charge is 0.462 e.